The number of rotatable bonds is 4. The van der Waals surface area contributed by atoms with Gasteiger partial charge in [0.15, 0.2) is 0 Å². The molecule has 0 radical (unpaired) electrons. The third-order valence-corrected chi connectivity index (χ3v) is 3.68. The maximum absolute atomic E-state index is 13.0. The lowest BCUT2D eigenvalue weighted by Crippen LogP contribution is -2.44. The predicted molar refractivity (Wildman–Crippen MR) is 91.1 cm³/mol. The second kappa shape index (κ2) is 6.78. The quantitative estimate of drug-likeness (QED) is 0.898. The summed E-state index contributed by atoms with van der Waals surface area (Å²) in [4.78, 5) is 13.4. The van der Waals surface area contributed by atoms with Gasteiger partial charge >= 0.3 is 0 Å². The van der Waals surface area contributed by atoms with Crippen LogP contribution in [0.15, 0.2) is 30.3 Å². The molecule has 1 saturated heterocycles. The van der Waals surface area contributed by atoms with Gasteiger partial charge in [0.2, 0.25) is 5.95 Å². The first kappa shape index (κ1) is 15.5. The van der Waals surface area contributed by atoms with Gasteiger partial charge in [-0.3, -0.25) is 0 Å². The van der Waals surface area contributed by atoms with Crippen LogP contribution in [0.2, 0.25) is 0 Å². The number of halogens is 1. The molecule has 122 valence electrons. The van der Waals surface area contributed by atoms with Crippen LogP contribution >= 0.6 is 0 Å². The van der Waals surface area contributed by atoms with Crippen molar-refractivity contribution >= 4 is 23.3 Å². The van der Waals surface area contributed by atoms with E-state index in [1.165, 1.54) is 12.1 Å². The monoisotopic (exact) mass is 316 g/mol. The summed E-state index contributed by atoms with van der Waals surface area (Å²) in [7, 11) is 3.90. The molecule has 6 nitrogen and oxygen atoms in total. The van der Waals surface area contributed by atoms with Crippen LogP contribution in [0.25, 0.3) is 0 Å². The first-order valence-electron chi connectivity index (χ1n) is 7.66. The first-order valence-corrected chi connectivity index (χ1v) is 7.66. The van der Waals surface area contributed by atoms with Gasteiger partial charge < -0.3 is 20.4 Å². The lowest BCUT2D eigenvalue weighted by molar-refractivity contribution is 0.580. The summed E-state index contributed by atoms with van der Waals surface area (Å²) in [5.41, 5.74) is 0.793. The molecule has 0 atom stereocenters. The van der Waals surface area contributed by atoms with Crippen LogP contribution in [0, 0.1) is 5.82 Å². The standard InChI is InChI=1S/C16H21FN6/c1-22(2)15-11-14(19-13-5-3-12(17)4-6-13)20-16(21-15)23-9-7-18-8-10-23/h3-6,11,18H,7-10H2,1-2H3,(H,19,20,21). The maximum atomic E-state index is 13.0. The number of nitrogens with zero attached hydrogens (tertiary/aromatic N) is 4. The highest BCUT2D eigenvalue weighted by atomic mass is 19.1. The molecular formula is C16H21FN6. The minimum Gasteiger partial charge on any atom is -0.363 e. The summed E-state index contributed by atoms with van der Waals surface area (Å²) in [5, 5.41) is 6.54. The number of hydrogen-bond donors (Lipinski definition) is 2. The van der Waals surface area contributed by atoms with Crippen LogP contribution in [-0.2, 0) is 0 Å². The molecule has 7 heteroatoms. The fourth-order valence-electron chi connectivity index (χ4n) is 2.40. The number of benzene rings is 1. The molecule has 0 spiro atoms. The summed E-state index contributed by atoms with van der Waals surface area (Å²) in [5.74, 6) is 1.98. The Morgan fingerprint density at radius 3 is 2.48 bits per heavy atom. The Labute approximate surface area is 135 Å². The summed E-state index contributed by atoms with van der Waals surface area (Å²) in [6.45, 7) is 3.62. The lowest BCUT2D eigenvalue weighted by Gasteiger charge is -2.28. The van der Waals surface area contributed by atoms with E-state index >= 15 is 0 Å². The second-order valence-corrected chi connectivity index (χ2v) is 5.67. The van der Waals surface area contributed by atoms with E-state index in [2.05, 4.69) is 25.5 Å². The number of anilines is 4. The highest BCUT2D eigenvalue weighted by Gasteiger charge is 2.15. The minimum atomic E-state index is -0.256. The average molecular weight is 316 g/mol. The molecule has 1 aliphatic heterocycles. The molecule has 0 aliphatic carbocycles. The van der Waals surface area contributed by atoms with Gasteiger partial charge in [-0.05, 0) is 24.3 Å². The van der Waals surface area contributed by atoms with Crippen molar-refractivity contribution in [2.24, 2.45) is 0 Å². The predicted octanol–water partition coefficient (Wildman–Crippen LogP) is 1.83. The SMILES string of the molecule is CN(C)c1cc(Nc2ccc(F)cc2)nc(N2CCNCC2)n1. The van der Waals surface area contributed by atoms with Crippen molar-refractivity contribution in [2.75, 3.05) is 55.4 Å². The van der Waals surface area contributed by atoms with Crippen LogP contribution in [0.3, 0.4) is 0 Å². The maximum Gasteiger partial charge on any atom is 0.229 e. The zero-order chi connectivity index (χ0) is 16.2. The Kier molecular flexibility index (Phi) is 4.57. The highest BCUT2D eigenvalue weighted by Crippen LogP contribution is 2.22. The van der Waals surface area contributed by atoms with Crippen LogP contribution < -0.4 is 20.4 Å². The van der Waals surface area contributed by atoms with E-state index < -0.39 is 0 Å². The molecule has 1 aromatic heterocycles. The van der Waals surface area contributed by atoms with Crippen LogP contribution in [-0.4, -0.2) is 50.2 Å². The van der Waals surface area contributed by atoms with Gasteiger partial charge in [-0.15, -0.1) is 0 Å². The highest BCUT2D eigenvalue weighted by molar-refractivity contribution is 5.61. The van der Waals surface area contributed by atoms with Gasteiger partial charge in [-0.1, -0.05) is 0 Å². The molecule has 1 aliphatic rings. The van der Waals surface area contributed by atoms with Crippen LogP contribution in [0.4, 0.5) is 27.7 Å². The van der Waals surface area contributed by atoms with Gasteiger partial charge in [0, 0.05) is 52.0 Å². The van der Waals surface area contributed by atoms with E-state index in [4.69, 9.17) is 0 Å². The second-order valence-electron chi connectivity index (χ2n) is 5.67. The molecule has 23 heavy (non-hydrogen) atoms. The third kappa shape index (κ3) is 3.87. The fourth-order valence-corrected chi connectivity index (χ4v) is 2.40. The van der Waals surface area contributed by atoms with E-state index in [0.29, 0.717) is 11.8 Å². The van der Waals surface area contributed by atoms with Gasteiger partial charge in [-0.2, -0.15) is 9.97 Å². The van der Waals surface area contributed by atoms with Crippen molar-refractivity contribution in [1.29, 1.82) is 0 Å². The number of nitrogens with one attached hydrogen (secondary N) is 2. The fraction of sp³-hybridized carbons (Fsp3) is 0.375. The molecule has 1 aromatic carbocycles. The third-order valence-electron chi connectivity index (χ3n) is 3.68. The van der Waals surface area contributed by atoms with E-state index in [0.717, 1.165) is 37.7 Å². The first-order chi connectivity index (χ1) is 11.1. The summed E-state index contributed by atoms with van der Waals surface area (Å²) in [6, 6.07) is 8.12. The molecule has 0 amide bonds. The number of hydrogen-bond acceptors (Lipinski definition) is 6. The zero-order valence-corrected chi connectivity index (χ0v) is 13.4. The number of piperazine rings is 1. The zero-order valence-electron chi connectivity index (χ0n) is 13.4. The Hall–Kier alpha value is -2.41. The van der Waals surface area contributed by atoms with Gasteiger partial charge in [-0.25, -0.2) is 4.39 Å². The molecular weight excluding hydrogens is 295 g/mol. The number of aromatic nitrogens is 2. The van der Waals surface area contributed by atoms with Crippen molar-refractivity contribution in [3.05, 3.63) is 36.1 Å². The smallest absolute Gasteiger partial charge is 0.229 e. The molecule has 2 heterocycles. The van der Waals surface area contributed by atoms with E-state index in [9.17, 15) is 4.39 Å². The van der Waals surface area contributed by atoms with Gasteiger partial charge in [0.05, 0.1) is 0 Å². The van der Waals surface area contributed by atoms with Crippen molar-refractivity contribution in [3.63, 3.8) is 0 Å². The summed E-state index contributed by atoms with van der Waals surface area (Å²) in [6.07, 6.45) is 0. The van der Waals surface area contributed by atoms with E-state index in [-0.39, 0.29) is 5.82 Å². The molecule has 0 saturated carbocycles. The Morgan fingerprint density at radius 1 is 1.13 bits per heavy atom. The Bertz CT molecular complexity index is 652. The topological polar surface area (TPSA) is 56.3 Å². The minimum absolute atomic E-state index is 0.256. The van der Waals surface area contributed by atoms with E-state index in [1.54, 1.807) is 12.1 Å². The van der Waals surface area contributed by atoms with Crippen molar-refractivity contribution in [2.45, 2.75) is 0 Å². The molecule has 2 aromatic rings. The summed E-state index contributed by atoms with van der Waals surface area (Å²) >= 11 is 0. The van der Waals surface area contributed by atoms with E-state index in [1.807, 2.05) is 25.1 Å². The largest absolute Gasteiger partial charge is 0.363 e. The van der Waals surface area contributed by atoms with Crippen molar-refractivity contribution < 1.29 is 4.39 Å². The molecule has 1 fully saturated rings. The van der Waals surface area contributed by atoms with Crippen LogP contribution in [0.5, 0.6) is 0 Å². The Morgan fingerprint density at radius 2 is 1.83 bits per heavy atom. The molecule has 0 unspecified atom stereocenters. The van der Waals surface area contributed by atoms with Crippen molar-refractivity contribution in [3.8, 4) is 0 Å². The van der Waals surface area contributed by atoms with Gasteiger partial charge in [0.1, 0.15) is 17.5 Å². The average Bonchev–Trinajstić information content (AvgIpc) is 2.57. The molecule has 3 rings (SSSR count). The molecule has 2 N–H and O–H groups in total. The van der Waals surface area contributed by atoms with Crippen molar-refractivity contribution in [1.82, 2.24) is 15.3 Å². The Balaban J connectivity index is 1.88. The van der Waals surface area contributed by atoms with Crippen LogP contribution in [0.1, 0.15) is 0 Å². The summed E-state index contributed by atoms with van der Waals surface area (Å²) < 4.78 is 13.0. The normalized spacial score (nSPS) is 14.7. The van der Waals surface area contributed by atoms with Gasteiger partial charge in [0.25, 0.3) is 0 Å². The molecule has 0 bridgehead atoms. The lowest BCUT2D eigenvalue weighted by atomic mass is 10.3.